The Hall–Kier alpha value is -3.23. The number of rotatable bonds is 5. The van der Waals surface area contributed by atoms with Crippen LogP contribution in [0, 0.1) is 10.1 Å². The molecule has 0 atom stereocenters. The van der Waals surface area contributed by atoms with Gasteiger partial charge in [0.15, 0.2) is 0 Å². The summed E-state index contributed by atoms with van der Waals surface area (Å²) in [5.41, 5.74) is 3.77. The zero-order valence-corrected chi connectivity index (χ0v) is 15.0. The Bertz CT molecular complexity index is 1030. The number of aromatic nitrogens is 2. The van der Waals surface area contributed by atoms with Crippen molar-refractivity contribution in [3.63, 3.8) is 0 Å². The van der Waals surface area contributed by atoms with Crippen LogP contribution < -0.4 is 5.43 Å². The summed E-state index contributed by atoms with van der Waals surface area (Å²) in [6, 6.07) is 12.4. The van der Waals surface area contributed by atoms with Gasteiger partial charge in [-0.15, -0.1) is 0 Å². The van der Waals surface area contributed by atoms with Crippen LogP contribution in [0.15, 0.2) is 53.6 Å². The van der Waals surface area contributed by atoms with Crippen LogP contribution in [0.2, 0.25) is 10.0 Å². The van der Waals surface area contributed by atoms with Gasteiger partial charge in [-0.05, 0) is 18.2 Å². The first-order chi connectivity index (χ1) is 13.0. The summed E-state index contributed by atoms with van der Waals surface area (Å²) in [4.78, 5) is 22.5. The maximum atomic E-state index is 12.2. The number of aromatic amines is 1. The SMILES string of the molecule is O=C(N/N=C\c1c(Cl)cccc1Cl)c1cc(-c2cccc([N+](=O)[O-])c2)n[nH]1. The smallest absolute Gasteiger partial charge is 0.272 e. The Morgan fingerprint density at radius 1 is 1.19 bits per heavy atom. The van der Waals surface area contributed by atoms with Crippen molar-refractivity contribution < 1.29 is 9.72 Å². The number of carbonyl (C=O) groups excluding carboxylic acids is 1. The van der Waals surface area contributed by atoms with E-state index >= 15 is 0 Å². The Labute approximate surface area is 163 Å². The number of carbonyl (C=O) groups is 1. The number of benzene rings is 2. The molecule has 27 heavy (non-hydrogen) atoms. The van der Waals surface area contributed by atoms with Crippen molar-refractivity contribution >= 4 is 41.0 Å². The molecular formula is C17H11Cl2N5O3. The molecule has 0 unspecified atom stereocenters. The first-order valence-corrected chi connectivity index (χ1v) is 8.29. The summed E-state index contributed by atoms with van der Waals surface area (Å²) < 4.78 is 0. The van der Waals surface area contributed by atoms with E-state index in [1.54, 1.807) is 30.3 Å². The fraction of sp³-hybridized carbons (Fsp3) is 0. The molecule has 0 bridgehead atoms. The Balaban J connectivity index is 1.73. The molecule has 0 aliphatic heterocycles. The summed E-state index contributed by atoms with van der Waals surface area (Å²) in [6.07, 6.45) is 1.33. The van der Waals surface area contributed by atoms with Crippen LogP contribution in [-0.4, -0.2) is 27.2 Å². The van der Waals surface area contributed by atoms with Crippen LogP contribution in [-0.2, 0) is 0 Å². The second-order valence-electron chi connectivity index (χ2n) is 5.31. The largest absolute Gasteiger partial charge is 0.289 e. The molecule has 0 aliphatic carbocycles. The molecule has 3 rings (SSSR count). The second kappa shape index (κ2) is 7.98. The van der Waals surface area contributed by atoms with E-state index in [2.05, 4.69) is 20.7 Å². The van der Waals surface area contributed by atoms with Gasteiger partial charge in [-0.25, -0.2) is 5.43 Å². The Morgan fingerprint density at radius 3 is 2.59 bits per heavy atom. The third-order valence-electron chi connectivity index (χ3n) is 3.53. The van der Waals surface area contributed by atoms with Crippen LogP contribution in [0.3, 0.4) is 0 Å². The lowest BCUT2D eigenvalue weighted by atomic mass is 10.1. The number of nitro benzene ring substituents is 1. The summed E-state index contributed by atoms with van der Waals surface area (Å²) in [5.74, 6) is -0.543. The summed E-state index contributed by atoms with van der Waals surface area (Å²) in [6.45, 7) is 0. The molecular weight excluding hydrogens is 393 g/mol. The van der Waals surface area contributed by atoms with E-state index in [0.29, 0.717) is 26.9 Å². The number of nitrogens with one attached hydrogen (secondary N) is 2. The van der Waals surface area contributed by atoms with Gasteiger partial charge < -0.3 is 0 Å². The number of non-ortho nitro benzene ring substituents is 1. The van der Waals surface area contributed by atoms with Gasteiger partial charge >= 0.3 is 0 Å². The van der Waals surface area contributed by atoms with Crippen molar-refractivity contribution in [2.45, 2.75) is 0 Å². The van der Waals surface area contributed by atoms with Crippen molar-refractivity contribution in [3.8, 4) is 11.3 Å². The molecule has 0 saturated carbocycles. The summed E-state index contributed by atoms with van der Waals surface area (Å²) in [5, 5.41) is 22.1. The van der Waals surface area contributed by atoms with Gasteiger partial charge in [0.2, 0.25) is 0 Å². The van der Waals surface area contributed by atoms with E-state index < -0.39 is 10.8 Å². The predicted octanol–water partition coefficient (Wildman–Crippen LogP) is 4.06. The van der Waals surface area contributed by atoms with Gasteiger partial charge in [0.25, 0.3) is 11.6 Å². The van der Waals surface area contributed by atoms with E-state index in [1.165, 1.54) is 24.4 Å². The molecule has 1 heterocycles. The molecule has 136 valence electrons. The molecule has 0 spiro atoms. The summed E-state index contributed by atoms with van der Waals surface area (Å²) >= 11 is 12.0. The highest BCUT2D eigenvalue weighted by Gasteiger charge is 2.13. The van der Waals surface area contributed by atoms with Crippen molar-refractivity contribution in [1.82, 2.24) is 15.6 Å². The lowest BCUT2D eigenvalue weighted by molar-refractivity contribution is -0.384. The maximum absolute atomic E-state index is 12.2. The number of nitrogens with zero attached hydrogens (tertiary/aromatic N) is 3. The topological polar surface area (TPSA) is 113 Å². The molecule has 10 heteroatoms. The number of hydrogen-bond acceptors (Lipinski definition) is 5. The lowest BCUT2D eigenvalue weighted by Crippen LogP contribution is -2.18. The molecule has 8 nitrogen and oxygen atoms in total. The van der Waals surface area contributed by atoms with Crippen molar-refractivity contribution in [3.05, 3.63) is 79.9 Å². The molecule has 1 amide bonds. The van der Waals surface area contributed by atoms with Gasteiger partial charge in [0.05, 0.1) is 26.9 Å². The molecule has 2 N–H and O–H groups in total. The first kappa shape index (κ1) is 18.6. The number of hydrogen-bond donors (Lipinski definition) is 2. The number of hydrazone groups is 1. The van der Waals surface area contributed by atoms with E-state index in [4.69, 9.17) is 23.2 Å². The third kappa shape index (κ3) is 4.30. The van der Waals surface area contributed by atoms with E-state index in [0.717, 1.165) is 0 Å². The average Bonchev–Trinajstić information content (AvgIpc) is 3.14. The normalized spacial score (nSPS) is 10.9. The van der Waals surface area contributed by atoms with E-state index in [9.17, 15) is 14.9 Å². The number of H-pyrrole nitrogens is 1. The quantitative estimate of drug-likeness (QED) is 0.379. The maximum Gasteiger partial charge on any atom is 0.289 e. The Morgan fingerprint density at radius 2 is 1.89 bits per heavy atom. The summed E-state index contributed by atoms with van der Waals surface area (Å²) in [7, 11) is 0. The molecule has 0 fully saturated rings. The highest BCUT2D eigenvalue weighted by molar-refractivity contribution is 6.38. The number of nitro groups is 1. The molecule has 0 aliphatic rings. The van der Waals surface area contributed by atoms with E-state index in [1.807, 2.05) is 0 Å². The van der Waals surface area contributed by atoms with Crippen LogP contribution >= 0.6 is 23.2 Å². The van der Waals surface area contributed by atoms with Gasteiger partial charge in [0.1, 0.15) is 5.69 Å². The van der Waals surface area contributed by atoms with Gasteiger partial charge in [-0.3, -0.25) is 20.0 Å². The molecule has 0 radical (unpaired) electrons. The highest BCUT2D eigenvalue weighted by Crippen LogP contribution is 2.23. The minimum absolute atomic E-state index is 0.0669. The fourth-order valence-electron chi connectivity index (χ4n) is 2.21. The zero-order chi connectivity index (χ0) is 19.4. The molecule has 2 aromatic carbocycles. The van der Waals surface area contributed by atoms with Gasteiger partial charge in [0, 0.05) is 23.3 Å². The Kier molecular flexibility index (Phi) is 5.49. The zero-order valence-electron chi connectivity index (χ0n) is 13.5. The molecule has 3 aromatic rings. The molecule has 0 saturated heterocycles. The average molecular weight is 404 g/mol. The minimum atomic E-state index is -0.543. The van der Waals surface area contributed by atoms with Crippen LogP contribution in [0.4, 0.5) is 5.69 Å². The van der Waals surface area contributed by atoms with Crippen molar-refractivity contribution in [1.29, 1.82) is 0 Å². The third-order valence-corrected chi connectivity index (χ3v) is 4.19. The van der Waals surface area contributed by atoms with Gasteiger partial charge in [-0.1, -0.05) is 41.4 Å². The second-order valence-corrected chi connectivity index (χ2v) is 6.12. The van der Waals surface area contributed by atoms with Crippen molar-refractivity contribution in [2.24, 2.45) is 5.10 Å². The van der Waals surface area contributed by atoms with Crippen LogP contribution in [0.5, 0.6) is 0 Å². The number of amides is 1. The van der Waals surface area contributed by atoms with Crippen LogP contribution in [0.1, 0.15) is 16.1 Å². The minimum Gasteiger partial charge on any atom is -0.272 e. The predicted molar refractivity (Wildman–Crippen MR) is 102 cm³/mol. The monoisotopic (exact) mass is 403 g/mol. The first-order valence-electron chi connectivity index (χ1n) is 7.53. The number of halogens is 2. The van der Waals surface area contributed by atoms with E-state index in [-0.39, 0.29) is 11.4 Å². The lowest BCUT2D eigenvalue weighted by Gasteiger charge is -2.00. The van der Waals surface area contributed by atoms with Crippen LogP contribution in [0.25, 0.3) is 11.3 Å². The highest BCUT2D eigenvalue weighted by atomic mass is 35.5. The fourth-order valence-corrected chi connectivity index (χ4v) is 2.71. The van der Waals surface area contributed by atoms with Gasteiger partial charge in [-0.2, -0.15) is 10.2 Å². The van der Waals surface area contributed by atoms with Crippen molar-refractivity contribution in [2.75, 3.05) is 0 Å². The standard InChI is InChI=1S/C17H11Cl2N5O3/c18-13-5-2-6-14(19)12(13)9-20-23-17(25)16-8-15(21-22-16)10-3-1-4-11(7-10)24(26)27/h1-9H,(H,21,22)(H,23,25)/b20-9-. The molecule has 1 aromatic heterocycles.